The molecule has 0 spiro atoms. The van der Waals surface area contributed by atoms with Crippen molar-refractivity contribution in [3.05, 3.63) is 29.8 Å². The van der Waals surface area contributed by atoms with Gasteiger partial charge in [-0.05, 0) is 38.1 Å². The summed E-state index contributed by atoms with van der Waals surface area (Å²) >= 11 is 0. The predicted octanol–water partition coefficient (Wildman–Crippen LogP) is 2.12. The molecule has 0 aliphatic heterocycles. The van der Waals surface area contributed by atoms with E-state index in [9.17, 15) is 4.79 Å². The molecule has 0 fully saturated rings. The highest BCUT2D eigenvalue weighted by molar-refractivity contribution is 5.90. The van der Waals surface area contributed by atoms with E-state index in [0.29, 0.717) is 11.3 Å². The summed E-state index contributed by atoms with van der Waals surface area (Å²) in [6.45, 7) is 3.40. The third kappa shape index (κ3) is 3.28. The summed E-state index contributed by atoms with van der Waals surface area (Å²) in [5.74, 6) is -0.444. The number of hydrogen-bond donors (Lipinski definition) is 1. The topological polar surface area (TPSA) is 76.1 Å². The normalized spacial score (nSPS) is 10.6. The van der Waals surface area contributed by atoms with E-state index >= 15 is 0 Å². The van der Waals surface area contributed by atoms with E-state index in [1.165, 1.54) is 0 Å². The van der Waals surface area contributed by atoms with Crippen molar-refractivity contribution in [2.75, 3.05) is 5.73 Å². The summed E-state index contributed by atoms with van der Waals surface area (Å²) in [7, 11) is 0. The molecule has 16 heavy (non-hydrogen) atoms. The third-order valence-corrected chi connectivity index (χ3v) is 2.02. The lowest BCUT2D eigenvalue weighted by atomic mass is 10.1. The number of benzene rings is 1. The van der Waals surface area contributed by atoms with Gasteiger partial charge in [0.2, 0.25) is 0 Å². The van der Waals surface area contributed by atoms with Gasteiger partial charge < -0.3 is 10.5 Å². The highest BCUT2D eigenvalue weighted by Gasteiger charge is 2.23. The van der Waals surface area contributed by atoms with Crippen LogP contribution in [0.4, 0.5) is 5.69 Å². The van der Waals surface area contributed by atoms with Crippen LogP contribution in [0.25, 0.3) is 0 Å². The molecular formula is C12H14N2O2. The van der Waals surface area contributed by atoms with Crippen LogP contribution in [0.15, 0.2) is 24.3 Å². The van der Waals surface area contributed by atoms with Crippen LogP contribution < -0.4 is 5.73 Å². The Morgan fingerprint density at radius 3 is 2.50 bits per heavy atom. The molecule has 84 valence electrons. The average molecular weight is 218 g/mol. The van der Waals surface area contributed by atoms with Crippen molar-refractivity contribution in [2.24, 2.45) is 0 Å². The van der Waals surface area contributed by atoms with Gasteiger partial charge in [0.1, 0.15) is 5.60 Å². The molecule has 0 heterocycles. The number of nitrogens with two attached hydrogens (primary N) is 1. The maximum Gasteiger partial charge on any atom is 0.338 e. The largest absolute Gasteiger partial charge is 0.455 e. The van der Waals surface area contributed by atoms with Crippen molar-refractivity contribution in [2.45, 2.75) is 25.9 Å². The minimum absolute atomic E-state index is 0.160. The first kappa shape index (κ1) is 12.1. The Morgan fingerprint density at radius 2 is 2.00 bits per heavy atom. The van der Waals surface area contributed by atoms with Crippen LogP contribution in [-0.4, -0.2) is 11.6 Å². The zero-order valence-electron chi connectivity index (χ0n) is 9.36. The number of carbonyl (C=O) groups is 1. The second-order valence-corrected chi connectivity index (χ2v) is 4.11. The fraction of sp³-hybridized carbons (Fsp3) is 0.333. The molecule has 0 bridgehead atoms. The molecule has 0 aromatic heterocycles. The summed E-state index contributed by atoms with van der Waals surface area (Å²) in [4.78, 5) is 11.7. The second-order valence-electron chi connectivity index (χ2n) is 4.11. The van der Waals surface area contributed by atoms with Crippen molar-refractivity contribution >= 4 is 11.7 Å². The van der Waals surface area contributed by atoms with E-state index in [4.69, 9.17) is 15.7 Å². The molecule has 1 aromatic carbocycles. The van der Waals surface area contributed by atoms with Crippen molar-refractivity contribution in [1.82, 2.24) is 0 Å². The van der Waals surface area contributed by atoms with Gasteiger partial charge in [0, 0.05) is 5.69 Å². The molecule has 0 atom stereocenters. The summed E-state index contributed by atoms with van der Waals surface area (Å²) in [5.41, 5.74) is 5.76. The Hall–Kier alpha value is -2.02. The first-order chi connectivity index (χ1) is 7.44. The number of esters is 1. The lowest BCUT2D eigenvalue weighted by Crippen LogP contribution is -2.27. The third-order valence-electron chi connectivity index (χ3n) is 2.02. The van der Waals surface area contributed by atoms with E-state index in [1.54, 1.807) is 38.1 Å². The molecular weight excluding hydrogens is 204 g/mol. The van der Waals surface area contributed by atoms with Gasteiger partial charge >= 0.3 is 5.97 Å². The Morgan fingerprint density at radius 1 is 1.44 bits per heavy atom. The quantitative estimate of drug-likeness (QED) is 0.622. The molecule has 4 nitrogen and oxygen atoms in total. The number of rotatable bonds is 3. The fourth-order valence-electron chi connectivity index (χ4n) is 1.16. The monoisotopic (exact) mass is 218 g/mol. The van der Waals surface area contributed by atoms with Crippen LogP contribution in [0.3, 0.4) is 0 Å². The number of nitriles is 1. The molecule has 4 heteroatoms. The SMILES string of the molecule is CC(C)(CC#N)OC(=O)c1ccc(N)cc1. The van der Waals surface area contributed by atoms with Gasteiger partial charge in [0.05, 0.1) is 18.1 Å². The molecule has 0 unspecified atom stereocenters. The van der Waals surface area contributed by atoms with E-state index in [0.717, 1.165) is 0 Å². The van der Waals surface area contributed by atoms with Crippen LogP contribution >= 0.6 is 0 Å². The lowest BCUT2D eigenvalue weighted by Gasteiger charge is -2.21. The molecule has 0 aliphatic rings. The first-order valence-electron chi connectivity index (χ1n) is 4.90. The minimum Gasteiger partial charge on any atom is -0.455 e. The minimum atomic E-state index is -0.771. The average Bonchev–Trinajstić information content (AvgIpc) is 2.17. The maximum atomic E-state index is 11.7. The van der Waals surface area contributed by atoms with Gasteiger partial charge in [0.25, 0.3) is 0 Å². The van der Waals surface area contributed by atoms with E-state index in [1.807, 2.05) is 6.07 Å². The van der Waals surface area contributed by atoms with Crippen LogP contribution in [0.2, 0.25) is 0 Å². The van der Waals surface area contributed by atoms with Gasteiger partial charge in [-0.1, -0.05) is 0 Å². The van der Waals surface area contributed by atoms with Gasteiger partial charge in [-0.3, -0.25) is 0 Å². The summed E-state index contributed by atoms with van der Waals surface area (Å²) in [6.07, 6.45) is 0.160. The van der Waals surface area contributed by atoms with Crippen LogP contribution in [-0.2, 0) is 4.74 Å². The van der Waals surface area contributed by atoms with Gasteiger partial charge in [-0.2, -0.15) is 5.26 Å². The number of nitrogen functional groups attached to an aromatic ring is 1. The number of carbonyl (C=O) groups excluding carboxylic acids is 1. The Bertz CT molecular complexity index is 416. The molecule has 0 saturated carbocycles. The zero-order chi connectivity index (χ0) is 12.2. The highest BCUT2D eigenvalue weighted by Crippen LogP contribution is 2.17. The van der Waals surface area contributed by atoms with Crippen LogP contribution in [0.5, 0.6) is 0 Å². The first-order valence-corrected chi connectivity index (χ1v) is 4.90. The summed E-state index contributed by atoms with van der Waals surface area (Å²) in [6, 6.07) is 8.44. The van der Waals surface area contributed by atoms with Crippen molar-refractivity contribution in [3.8, 4) is 6.07 Å². The lowest BCUT2D eigenvalue weighted by molar-refractivity contribution is 0.00115. The Kier molecular flexibility index (Phi) is 3.51. The van der Waals surface area contributed by atoms with Crippen molar-refractivity contribution < 1.29 is 9.53 Å². The Balaban J connectivity index is 2.73. The summed E-state index contributed by atoms with van der Waals surface area (Å²) < 4.78 is 5.20. The smallest absolute Gasteiger partial charge is 0.338 e. The number of ether oxygens (including phenoxy) is 1. The van der Waals surface area contributed by atoms with E-state index in [2.05, 4.69) is 0 Å². The molecule has 0 amide bonds. The summed E-state index contributed by atoms with van der Waals surface area (Å²) in [5, 5.41) is 8.56. The molecule has 0 saturated heterocycles. The molecule has 1 aromatic rings. The number of hydrogen-bond acceptors (Lipinski definition) is 4. The number of nitrogens with zero attached hydrogens (tertiary/aromatic N) is 1. The van der Waals surface area contributed by atoms with Crippen LogP contribution in [0.1, 0.15) is 30.6 Å². The maximum absolute atomic E-state index is 11.7. The van der Waals surface area contributed by atoms with Gasteiger partial charge in [-0.25, -0.2) is 4.79 Å². The Labute approximate surface area is 94.6 Å². The molecule has 0 aliphatic carbocycles. The molecule has 2 N–H and O–H groups in total. The predicted molar refractivity (Wildman–Crippen MR) is 60.6 cm³/mol. The van der Waals surface area contributed by atoms with Gasteiger partial charge in [-0.15, -0.1) is 0 Å². The highest BCUT2D eigenvalue weighted by atomic mass is 16.6. The van der Waals surface area contributed by atoms with Crippen molar-refractivity contribution in [1.29, 1.82) is 5.26 Å². The van der Waals surface area contributed by atoms with Crippen LogP contribution in [0, 0.1) is 11.3 Å². The zero-order valence-corrected chi connectivity index (χ0v) is 9.36. The molecule has 0 radical (unpaired) electrons. The van der Waals surface area contributed by atoms with Crippen molar-refractivity contribution in [3.63, 3.8) is 0 Å². The van der Waals surface area contributed by atoms with E-state index < -0.39 is 11.6 Å². The standard InChI is InChI=1S/C12H14N2O2/c1-12(2,7-8-13)16-11(15)9-3-5-10(14)6-4-9/h3-6H,7,14H2,1-2H3. The second kappa shape index (κ2) is 4.67. The molecule has 1 rings (SSSR count). The number of anilines is 1. The van der Waals surface area contributed by atoms with Gasteiger partial charge in [0.15, 0.2) is 0 Å². The fourth-order valence-corrected chi connectivity index (χ4v) is 1.16. The van der Waals surface area contributed by atoms with E-state index in [-0.39, 0.29) is 6.42 Å².